The van der Waals surface area contributed by atoms with Crippen LogP contribution in [0.5, 0.6) is 0 Å². The first-order valence-electron chi connectivity index (χ1n) is 4.32. The highest BCUT2D eigenvalue weighted by Gasteiger charge is 2.11. The van der Waals surface area contributed by atoms with Crippen molar-refractivity contribution in [1.29, 1.82) is 0 Å². The van der Waals surface area contributed by atoms with Gasteiger partial charge >= 0.3 is 0 Å². The molecule has 3 heteroatoms. The predicted octanol–water partition coefficient (Wildman–Crippen LogP) is 0.476. The average molecular weight is 158 g/mol. The summed E-state index contributed by atoms with van der Waals surface area (Å²) in [5.74, 6) is 0. The minimum absolute atomic E-state index is 0.749. The summed E-state index contributed by atoms with van der Waals surface area (Å²) >= 11 is 0. The number of pyridine rings is 1. The van der Waals surface area contributed by atoms with Crippen LogP contribution in [0.1, 0.15) is 12.8 Å². The van der Waals surface area contributed by atoms with Gasteiger partial charge in [-0.2, -0.15) is 0 Å². The van der Waals surface area contributed by atoms with E-state index < -0.39 is 0 Å². The summed E-state index contributed by atoms with van der Waals surface area (Å²) in [6.45, 7) is 2.29. The van der Waals surface area contributed by atoms with Crippen molar-refractivity contribution in [2.45, 2.75) is 12.8 Å². The van der Waals surface area contributed by atoms with Crippen LogP contribution in [0.25, 0.3) is 0 Å². The van der Waals surface area contributed by atoms with E-state index in [4.69, 9.17) is 7.85 Å². The molecule has 12 heavy (non-hydrogen) atoms. The van der Waals surface area contributed by atoms with Gasteiger partial charge in [-0.25, -0.2) is 0 Å². The van der Waals surface area contributed by atoms with Crippen molar-refractivity contribution in [3.05, 3.63) is 18.5 Å². The molecule has 0 saturated carbocycles. The Hall–Kier alpha value is -0.985. The van der Waals surface area contributed by atoms with Crippen LogP contribution in [-0.4, -0.2) is 25.9 Å². The Balaban J connectivity index is 2.21. The summed E-state index contributed by atoms with van der Waals surface area (Å²) < 4.78 is 0. The zero-order chi connectivity index (χ0) is 8.39. The minimum Gasteiger partial charge on any atom is -0.370 e. The number of anilines is 1. The summed E-state index contributed by atoms with van der Waals surface area (Å²) in [5.41, 5.74) is 1.91. The second-order valence-corrected chi connectivity index (χ2v) is 3.17. The van der Waals surface area contributed by atoms with Gasteiger partial charge in [0.1, 0.15) is 7.85 Å². The van der Waals surface area contributed by atoms with Crippen LogP contribution >= 0.6 is 0 Å². The Bertz CT molecular complexity index is 269. The molecule has 0 spiro atoms. The highest BCUT2D eigenvalue weighted by Crippen LogP contribution is 2.16. The van der Waals surface area contributed by atoms with E-state index in [1.54, 1.807) is 6.20 Å². The molecule has 0 N–H and O–H groups in total. The summed E-state index contributed by atoms with van der Waals surface area (Å²) in [7, 11) is 5.64. The maximum absolute atomic E-state index is 5.64. The van der Waals surface area contributed by atoms with E-state index in [-0.39, 0.29) is 0 Å². The van der Waals surface area contributed by atoms with Crippen LogP contribution in [0.3, 0.4) is 0 Å². The lowest BCUT2D eigenvalue weighted by Crippen LogP contribution is -2.19. The molecule has 2 rings (SSSR count). The molecule has 1 saturated heterocycles. The summed E-state index contributed by atoms with van der Waals surface area (Å²) in [5, 5.41) is 0. The monoisotopic (exact) mass is 158 g/mol. The molecule has 2 radical (unpaired) electrons. The van der Waals surface area contributed by atoms with Gasteiger partial charge in [0.05, 0.1) is 11.9 Å². The van der Waals surface area contributed by atoms with Gasteiger partial charge in [0.2, 0.25) is 0 Å². The van der Waals surface area contributed by atoms with Crippen LogP contribution in [-0.2, 0) is 0 Å². The van der Waals surface area contributed by atoms with Crippen molar-refractivity contribution >= 4 is 19.0 Å². The maximum Gasteiger partial charge on any atom is 0.116 e. The van der Waals surface area contributed by atoms with Gasteiger partial charge < -0.3 is 4.90 Å². The molecule has 60 valence electrons. The van der Waals surface area contributed by atoms with Crippen molar-refractivity contribution in [3.63, 3.8) is 0 Å². The Morgan fingerprint density at radius 2 is 2.00 bits per heavy atom. The zero-order valence-electron chi connectivity index (χ0n) is 7.03. The molecule has 0 bridgehead atoms. The van der Waals surface area contributed by atoms with Crippen LogP contribution in [0, 0.1) is 0 Å². The molecule has 0 amide bonds. The summed E-state index contributed by atoms with van der Waals surface area (Å²) in [4.78, 5) is 6.38. The van der Waals surface area contributed by atoms with Crippen molar-refractivity contribution in [2.24, 2.45) is 0 Å². The fourth-order valence-electron chi connectivity index (χ4n) is 1.59. The molecule has 0 unspecified atom stereocenters. The normalized spacial score (nSPS) is 16.8. The zero-order valence-corrected chi connectivity index (χ0v) is 7.03. The van der Waals surface area contributed by atoms with Crippen LogP contribution in [0.4, 0.5) is 5.69 Å². The number of aromatic nitrogens is 1. The summed E-state index contributed by atoms with van der Waals surface area (Å²) in [6.07, 6.45) is 6.13. The maximum atomic E-state index is 5.64. The molecule has 1 fully saturated rings. The van der Waals surface area contributed by atoms with E-state index in [1.165, 1.54) is 12.8 Å². The topological polar surface area (TPSA) is 16.1 Å². The molecule has 1 aliphatic rings. The van der Waals surface area contributed by atoms with Gasteiger partial charge in [0.25, 0.3) is 0 Å². The SMILES string of the molecule is [B]c1cncc(N2CCCC2)c1. The lowest BCUT2D eigenvalue weighted by molar-refractivity contribution is 0.949. The Labute approximate surface area is 74.0 Å². The first kappa shape index (κ1) is 7.65. The molecule has 1 aromatic heterocycles. The summed E-state index contributed by atoms with van der Waals surface area (Å²) in [6, 6.07) is 1.98. The molecule has 0 aliphatic carbocycles. The lowest BCUT2D eigenvalue weighted by atomic mass is 9.98. The number of rotatable bonds is 1. The third kappa shape index (κ3) is 1.45. The van der Waals surface area contributed by atoms with Gasteiger partial charge in [0.15, 0.2) is 0 Å². The standard InChI is InChI=1S/C9H11BN2/c10-8-5-9(7-11-6-8)12-3-1-2-4-12/h5-7H,1-4H2. The van der Waals surface area contributed by atoms with Crippen molar-refractivity contribution < 1.29 is 0 Å². The lowest BCUT2D eigenvalue weighted by Gasteiger charge is -2.17. The van der Waals surface area contributed by atoms with Crippen LogP contribution < -0.4 is 10.4 Å². The van der Waals surface area contributed by atoms with Gasteiger partial charge in [-0.1, -0.05) is 5.46 Å². The minimum atomic E-state index is 0.749. The third-order valence-corrected chi connectivity index (χ3v) is 2.22. The average Bonchev–Trinajstić information content (AvgIpc) is 2.56. The predicted molar refractivity (Wildman–Crippen MR) is 51.1 cm³/mol. The van der Waals surface area contributed by atoms with E-state index in [1.807, 2.05) is 12.3 Å². The van der Waals surface area contributed by atoms with Crippen LogP contribution in [0.2, 0.25) is 0 Å². The first-order chi connectivity index (χ1) is 5.86. The molecule has 2 heterocycles. The van der Waals surface area contributed by atoms with Gasteiger partial charge in [0, 0.05) is 19.3 Å². The van der Waals surface area contributed by atoms with E-state index in [9.17, 15) is 0 Å². The van der Waals surface area contributed by atoms with Gasteiger partial charge in [-0.15, -0.1) is 0 Å². The first-order valence-corrected chi connectivity index (χ1v) is 4.32. The second-order valence-electron chi connectivity index (χ2n) is 3.17. The van der Waals surface area contributed by atoms with E-state index >= 15 is 0 Å². The quantitative estimate of drug-likeness (QED) is 0.552. The van der Waals surface area contributed by atoms with E-state index in [2.05, 4.69) is 9.88 Å². The fourth-order valence-corrected chi connectivity index (χ4v) is 1.59. The smallest absolute Gasteiger partial charge is 0.116 e. The largest absolute Gasteiger partial charge is 0.370 e. The van der Waals surface area contributed by atoms with E-state index in [0.29, 0.717) is 0 Å². The second kappa shape index (κ2) is 3.17. The molecule has 1 aromatic rings. The van der Waals surface area contributed by atoms with Crippen molar-refractivity contribution in [1.82, 2.24) is 4.98 Å². The molecular weight excluding hydrogens is 147 g/mol. The Kier molecular flexibility index (Phi) is 2.02. The molecule has 2 nitrogen and oxygen atoms in total. The fraction of sp³-hybridized carbons (Fsp3) is 0.444. The Morgan fingerprint density at radius 3 is 2.67 bits per heavy atom. The van der Waals surface area contributed by atoms with Gasteiger partial charge in [-0.05, 0) is 18.9 Å². The molecule has 0 aromatic carbocycles. The van der Waals surface area contributed by atoms with Crippen LogP contribution in [0.15, 0.2) is 18.5 Å². The number of hydrogen-bond donors (Lipinski definition) is 0. The van der Waals surface area contributed by atoms with Gasteiger partial charge in [-0.3, -0.25) is 4.98 Å². The highest BCUT2D eigenvalue weighted by molar-refractivity contribution is 6.32. The number of nitrogens with zero attached hydrogens (tertiary/aromatic N) is 2. The molecular formula is C9H11BN2. The third-order valence-electron chi connectivity index (χ3n) is 2.22. The number of hydrogen-bond acceptors (Lipinski definition) is 2. The Morgan fingerprint density at radius 1 is 1.25 bits per heavy atom. The van der Waals surface area contributed by atoms with E-state index in [0.717, 1.165) is 24.2 Å². The molecule has 1 aliphatic heterocycles. The van der Waals surface area contributed by atoms with Crippen molar-refractivity contribution in [2.75, 3.05) is 18.0 Å². The van der Waals surface area contributed by atoms with Crippen molar-refractivity contribution in [3.8, 4) is 0 Å². The highest BCUT2D eigenvalue weighted by atomic mass is 15.1. The molecule has 0 atom stereocenters.